The fourth-order valence-electron chi connectivity index (χ4n) is 2.98. The van der Waals surface area contributed by atoms with E-state index in [1.807, 2.05) is 0 Å². The van der Waals surface area contributed by atoms with E-state index in [1.165, 1.54) is 26.4 Å². The summed E-state index contributed by atoms with van der Waals surface area (Å²) in [5.41, 5.74) is -0.228. The lowest BCUT2D eigenvalue weighted by Gasteiger charge is -2.19. The number of hydroxylamine groups is 2. The predicted molar refractivity (Wildman–Crippen MR) is 104 cm³/mol. The van der Waals surface area contributed by atoms with Crippen molar-refractivity contribution in [1.82, 2.24) is 5.06 Å². The molecule has 176 valence electrons. The molecule has 7 nitrogen and oxygen atoms in total. The van der Waals surface area contributed by atoms with Crippen molar-refractivity contribution in [3.63, 3.8) is 0 Å². The lowest BCUT2D eigenvalue weighted by Crippen LogP contribution is -2.31. The van der Waals surface area contributed by atoms with Crippen LogP contribution in [0.2, 0.25) is 0 Å². The zero-order valence-electron chi connectivity index (χ0n) is 17.1. The standard InChI is InChI=1S/C20H14F5NO6S/c1-26(32-33(28,29)19-17(24)15(22)14(21)16(23)18(19)25)20(27)11-7-9-5-4-6-12(30-2)10(9)8-13(11)31-3/h4-8H,1-3H3. The van der Waals surface area contributed by atoms with E-state index in [-0.39, 0.29) is 16.4 Å². The van der Waals surface area contributed by atoms with Gasteiger partial charge in [0, 0.05) is 12.4 Å². The molecule has 0 N–H and O–H groups in total. The van der Waals surface area contributed by atoms with Gasteiger partial charge in [0.1, 0.15) is 11.5 Å². The Morgan fingerprint density at radius 2 is 1.39 bits per heavy atom. The summed E-state index contributed by atoms with van der Waals surface area (Å²) in [5.74, 6) is -13.6. The summed E-state index contributed by atoms with van der Waals surface area (Å²) >= 11 is 0. The predicted octanol–water partition coefficient (Wildman–Crippen LogP) is 3.95. The van der Waals surface area contributed by atoms with E-state index >= 15 is 0 Å². The van der Waals surface area contributed by atoms with Gasteiger partial charge in [-0.3, -0.25) is 4.79 Å². The third kappa shape index (κ3) is 4.16. The Kier molecular flexibility index (Phi) is 6.47. The fraction of sp³-hybridized carbons (Fsp3) is 0.150. The smallest absolute Gasteiger partial charge is 0.323 e. The van der Waals surface area contributed by atoms with E-state index in [0.29, 0.717) is 16.5 Å². The van der Waals surface area contributed by atoms with Crippen molar-refractivity contribution in [2.24, 2.45) is 0 Å². The molecule has 0 radical (unpaired) electrons. The van der Waals surface area contributed by atoms with Gasteiger partial charge in [-0.15, -0.1) is 4.28 Å². The Hall–Kier alpha value is -3.45. The summed E-state index contributed by atoms with van der Waals surface area (Å²) in [4.78, 5) is 10.6. The second-order valence-corrected chi connectivity index (χ2v) is 7.93. The summed E-state index contributed by atoms with van der Waals surface area (Å²) in [7, 11) is -2.25. The number of fused-ring (bicyclic) bond motifs is 1. The largest absolute Gasteiger partial charge is 0.496 e. The summed E-state index contributed by atoms with van der Waals surface area (Å²) < 4.78 is 107. The van der Waals surface area contributed by atoms with Crippen molar-refractivity contribution >= 4 is 26.8 Å². The summed E-state index contributed by atoms with van der Waals surface area (Å²) in [6.45, 7) is 0. The minimum absolute atomic E-state index is 0.0407. The summed E-state index contributed by atoms with van der Waals surface area (Å²) in [6.07, 6.45) is 0. The van der Waals surface area contributed by atoms with Crippen molar-refractivity contribution in [1.29, 1.82) is 0 Å². The molecule has 13 heteroatoms. The van der Waals surface area contributed by atoms with Gasteiger partial charge in [0.05, 0.1) is 19.8 Å². The number of nitrogens with zero attached hydrogens (tertiary/aromatic N) is 1. The minimum atomic E-state index is -5.66. The van der Waals surface area contributed by atoms with E-state index in [0.717, 1.165) is 7.05 Å². The molecular weight excluding hydrogens is 477 g/mol. The van der Waals surface area contributed by atoms with Gasteiger partial charge in [-0.05, 0) is 23.6 Å². The van der Waals surface area contributed by atoms with Crippen LogP contribution < -0.4 is 9.47 Å². The first-order valence-corrected chi connectivity index (χ1v) is 10.2. The molecule has 3 rings (SSSR count). The van der Waals surface area contributed by atoms with Gasteiger partial charge < -0.3 is 9.47 Å². The Morgan fingerprint density at radius 3 is 1.94 bits per heavy atom. The van der Waals surface area contributed by atoms with Crippen LogP contribution in [0.25, 0.3) is 10.8 Å². The molecule has 33 heavy (non-hydrogen) atoms. The van der Waals surface area contributed by atoms with Crippen LogP contribution in [0.3, 0.4) is 0 Å². The monoisotopic (exact) mass is 491 g/mol. The second kappa shape index (κ2) is 8.83. The number of carbonyl (C=O) groups excluding carboxylic acids is 1. The zero-order chi connectivity index (χ0) is 24.7. The molecule has 0 aromatic heterocycles. The molecule has 0 heterocycles. The topological polar surface area (TPSA) is 82.1 Å². The SMILES string of the molecule is COc1cc2c(OC)cccc2cc1C(=O)N(C)OS(=O)(=O)c1c(F)c(F)c(F)c(F)c1F. The van der Waals surface area contributed by atoms with Gasteiger partial charge >= 0.3 is 10.1 Å². The van der Waals surface area contributed by atoms with Gasteiger partial charge in [0.2, 0.25) is 5.82 Å². The fourth-order valence-corrected chi connectivity index (χ4v) is 4.04. The summed E-state index contributed by atoms with van der Waals surface area (Å²) in [6, 6.07) is 7.61. The lowest BCUT2D eigenvalue weighted by molar-refractivity contribution is -0.00951. The van der Waals surface area contributed by atoms with Gasteiger partial charge in [-0.1, -0.05) is 12.1 Å². The highest BCUT2D eigenvalue weighted by molar-refractivity contribution is 7.86. The number of ether oxygens (including phenoxy) is 2. The van der Waals surface area contributed by atoms with Crippen molar-refractivity contribution in [2.45, 2.75) is 4.90 Å². The minimum Gasteiger partial charge on any atom is -0.496 e. The number of rotatable bonds is 6. The van der Waals surface area contributed by atoms with Crippen LogP contribution in [0.4, 0.5) is 22.0 Å². The molecule has 0 saturated carbocycles. The van der Waals surface area contributed by atoms with Crippen LogP contribution in [0.5, 0.6) is 11.5 Å². The second-order valence-electron chi connectivity index (χ2n) is 6.46. The third-order valence-corrected chi connectivity index (χ3v) is 5.80. The first-order chi connectivity index (χ1) is 15.4. The molecule has 0 aliphatic rings. The van der Waals surface area contributed by atoms with E-state index in [2.05, 4.69) is 4.28 Å². The van der Waals surface area contributed by atoms with Gasteiger partial charge in [-0.25, -0.2) is 27.0 Å². The van der Waals surface area contributed by atoms with Crippen molar-refractivity contribution in [3.05, 3.63) is 65.0 Å². The zero-order valence-corrected chi connectivity index (χ0v) is 17.9. The van der Waals surface area contributed by atoms with Crippen molar-refractivity contribution in [3.8, 4) is 11.5 Å². The molecule has 0 fully saturated rings. The van der Waals surface area contributed by atoms with E-state index in [1.54, 1.807) is 18.2 Å². The number of hydrogen-bond acceptors (Lipinski definition) is 6. The highest BCUT2D eigenvalue weighted by Gasteiger charge is 2.36. The van der Waals surface area contributed by atoms with Crippen LogP contribution in [-0.2, 0) is 14.4 Å². The van der Waals surface area contributed by atoms with Crippen LogP contribution in [0.15, 0.2) is 35.2 Å². The molecular formula is C20H14F5NO6S. The Labute approximate surface area is 184 Å². The number of amides is 1. The maximum absolute atomic E-state index is 13.9. The summed E-state index contributed by atoms with van der Waals surface area (Å²) in [5, 5.41) is 1.08. The molecule has 0 spiro atoms. The Morgan fingerprint density at radius 1 is 0.848 bits per heavy atom. The third-order valence-electron chi connectivity index (χ3n) is 4.53. The Balaban J connectivity index is 2.03. The normalized spacial score (nSPS) is 11.5. The number of carbonyl (C=O) groups is 1. The molecule has 0 unspecified atom stereocenters. The number of methoxy groups -OCH3 is 2. The van der Waals surface area contributed by atoms with E-state index < -0.39 is 50.0 Å². The average Bonchev–Trinajstić information content (AvgIpc) is 2.79. The number of benzene rings is 3. The van der Waals surface area contributed by atoms with Crippen molar-refractivity contribution in [2.75, 3.05) is 21.3 Å². The molecule has 0 aliphatic carbocycles. The first kappa shape index (κ1) is 24.2. The Bertz CT molecular complexity index is 1350. The van der Waals surface area contributed by atoms with E-state index in [4.69, 9.17) is 9.47 Å². The van der Waals surface area contributed by atoms with Crippen molar-refractivity contribution < 1.29 is 48.9 Å². The van der Waals surface area contributed by atoms with Crippen LogP contribution in [-0.4, -0.2) is 40.7 Å². The van der Waals surface area contributed by atoms with Gasteiger partial charge in [-0.2, -0.15) is 8.42 Å². The molecule has 1 amide bonds. The maximum atomic E-state index is 13.9. The number of hydrogen-bond donors (Lipinski definition) is 0. The van der Waals surface area contributed by atoms with Crippen LogP contribution >= 0.6 is 0 Å². The molecule has 0 aliphatic heterocycles. The maximum Gasteiger partial charge on any atom is 0.323 e. The van der Waals surface area contributed by atoms with Gasteiger partial charge in [0.15, 0.2) is 28.2 Å². The molecule has 3 aromatic rings. The molecule has 0 saturated heterocycles. The quantitative estimate of drug-likeness (QED) is 0.225. The highest BCUT2D eigenvalue weighted by Crippen LogP contribution is 2.33. The molecule has 0 atom stereocenters. The average molecular weight is 491 g/mol. The number of halogens is 5. The molecule has 0 bridgehead atoms. The van der Waals surface area contributed by atoms with E-state index in [9.17, 15) is 35.2 Å². The van der Waals surface area contributed by atoms with Gasteiger partial charge in [0.25, 0.3) is 5.91 Å². The highest BCUT2D eigenvalue weighted by atomic mass is 32.2. The first-order valence-electron chi connectivity index (χ1n) is 8.83. The lowest BCUT2D eigenvalue weighted by atomic mass is 10.0. The molecule has 3 aromatic carbocycles. The van der Waals surface area contributed by atoms with Crippen LogP contribution in [0.1, 0.15) is 10.4 Å². The van der Waals surface area contributed by atoms with Crippen LogP contribution in [0, 0.1) is 29.1 Å².